The smallest absolute Gasteiger partial charge is 0.353 e. The molecule has 2 aliphatic rings. The molecule has 1 saturated heterocycles. The predicted octanol–water partition coefficient (Wildman–Crippen LogP) is -1.85. The van der Waals surface area contributed by atoms with Gasteiger partial charge in [-0.15, -0.1) is 11.8 Å². The first-order chi connectivity index (χ1) is 13.3. The third-order valence-electron chi connectivity index (χ3n) is 4.33. The molecule has 0 radical (unpaired) electrons. The molecule has 1 aromatic carbocycles. The molecule has 0 aromatic heterocycles. The number of rotatable bonds is 5. The number of phenolic OH excluding ortho intramolecular Hbond substituents is 1. The van der Waals surface area contributed by atoms with Gasteiger partial charge < -0.3 is 20.6 Å². The number of hydrogen-bond donors (Lipinski definition) is 6. The lowest BCUT2D eigenvalue weighted by Crippen LogP contribution is -2.71. The number of thioether (sulfide) groups is 1. The van der Waals surface area contributed by atoms with Crippen molar-refractivity contribution < 1.29 is 34.5 Å². The van der Waals surface area contributed by atoms with Crippen LogP contribution in [0.2, 0.25) is 0 Å². The molecule has 0 saturated carbocycles. The van der Waals surface area contributed by atoms with Crippen LogP contribution in [0.5, 0.6) is 5.75 Å². The van der Waals surface area contributed by atoms with E-state index in [1.54, 1.807) is 0 Å². The monoisotopic (exact) mass is 408 g/mol. The number of aliphatic hydroxyl groups excluding tert-OH is 1. The molecule has 0 aliphatic carbocycles. The van der Waals surface area contributed by atoms with Gasteiger partial charge in [0, 0.05) is 5.75 Å². The van der Waals surface area contributed by atoms with Gasteiger partial charge in [-0.2, -0.15) is 0 Å². The fourth-order valence-electron chi connectivity index (χ4n) is 2.92. The number of nitrogens with one attached hydrogen (secondary N) is 2. The zero-order chi connectivity index (χ0) is 20.6. The van der Waals surface area contributed by atoms with E-state index in [2.05, 4.69) is 5.32 Å². The van der Waals surface area contributed by atoms with Gasteiger partial charge in [0.25, 0.3) is 17.7 Å². The van der Waals surface area contributed by atoms with Crippen LogP contribution in [0.4, 0.5) is 0 Å². The predicted molar refractivity (Wildman–Crippen MR) is 95.1 cm³/mol. The van der Waals surface area contributed by atoms with Crippen molar-refractivity contribution in [1.82, 2.24) is 15.6 Å². The topological polar surface area (TPSA) is 182 Å². The fourth-order valence-corrected chi connectivity index (χ4v) is 4.26. The highest BCUT2D eigenvalue weighted by Gasteiger charge is 2.55. The number of aliphatic carboxylic acids is 1. The van der Waals surface area contributed by atoms with Crippen LogP contribution >= 0.6 is 11.8 Å². The van der Waals surface area contributed by atoms with Gasteiger partial charge in [-0.3, -0.25) is 24.7 Å². The van der Waals surface area contributed by atoms with Crippen LogP contribution < -0.4 is 16.6 Å². The number of phenols is 1. The molecule has 12 heteroatoms. The van der Waals surface area contributed by atoms with Gasteiger partial charge in [0.1, 0.15) is 22.9 Å². The van der Waals surface area contributed by atoms with Crippen molar-refractivity contribution >= 4 is 35.5 Å². The standard InChI is InChI=1S/C16H16N4O7S/c17-19-12(23)8-5-28-15-9(14(25)20(15)10(8)16(26)27)18-13(24)11(22)6-1-3-7(21)4-2-6/h1-4,9,11,15,21-22H,5,17H2,(H,18,24)(H,19,23)(H,26,27)/t9?,11?,15-/m0/s1. The molecule has 0 spiro atoms. The van der Waals surface area contributed by atoms with E-state index in [1.807, 2.05) is 5.43 Å². The van der Waals surface area contributed by atoms with E-state index < -0.39 is 46.9 Å². The number of carboxylic acid groups (broad SMARTS) is 1. The number of nitrogens with zero attached hydrogens (tertiary/aromatic N) is 1. The number of aromatic hydroxyl groups is 1. The first-order valence-electron chi connectivity index (χ1n) is 7.95. The summed E-state index contributed by atoms with van der Waals surface area (Å²) in [6.07, 6.45) is -1.58. The Morgan fingerprint density at radius 2 is 1.89 bits per heavy atom. The molecule has 3 rings (SSSR count). The Morgan fingerprint density at radius 3 is 2.46 bits per heavy atom. The van der Waals surface area contributed by atoms with Crippen LogP contribution in [-0.2, 0) is 19.2 Å². The lowest BCUT2D eigenvalue weighted by atomic mass is 10.0. The molecule has 0 bridgehead atoms. The fraction of sp³-hybridized carbons (Fsp3) is 0.250. The number of hydrogen-bond acceptors (Lipinski definition) is 8. The maximum Gasteiger partial charge on any atom is 0.353 e. The maximum atomic E-state index is 12.4. The molecular formula is C16H16N4O7S. The minimum absolute atomic E-state index is 0.0218. The summed E-state index contributed by atoms with van der Waals surface area (Å²) in [4.78, 5) is 48.9. The summed E-state index contributed by atoms with van der Waals surface area (Å²) in [7, 11) is 0. The van der Waals surface area contributed by atoms with Gasteiger partial charge in [0.15, 0.2) is 6.10 Å². The Kier molecular flexibility index (Phi) is 5.27. The zero-order valence-electron chi connectivity index (χ0n) is 14.2. The quantitative estimate of drug-likeness (QED) is 0.141. The summed E-state index contributed by atoms with van der Waals surface area (Å²) in [5.74, 6) is 1.14. The highest BCUT2D eigenvalue weighted by Crippen LogP contribution is 2.40. The normalized spacial score (nSPS) is 22.1. The van der Waals surface area contributed by atoms with Gasteiger partial charge in [-0.1, -0.05) is 12.1 Å². The van der Waals surface area contributed by atoms with E-state index in [1.165, 1.54) is 24.3 Å². The van der Waals surface area contributed by atoms with Crippen LogP contribution in [-0.4, -0.2) is 61.1 Å². The molecule has 3 amide bonds. The number of carbonyl (C=O) groups is 4. The van der Waals surface area contributed by atoms with Crippen molar-refractivity contribution in [3.8, 4) is 5.75 Å². The molecule has 28 heavy (non-hydrogen) atoms. The second kappa shape index (κ2) is 7.50. The summed E-state index contributed by atoms with van der Waals surface area (Å²) < 4.78 is 0. The van der Waals surface area contributed by atoms with Gasteiger partial charge in [0.2, 0.25) is 0 Å². The number of hydrazine groups is 1. The molecule has 11 nitrogen and oxygen atoms in total. The van der Waals surface area contributed by atoms with Crippen molar-refractivity contribution in [1.29, 1.82) is 0 Å². The second-order valence-corrected chi connectivity index (χ2v) is 7.10. The van der Waals surface area contributed by atoms with Crippen LogP contribution in [0.25, 0.3) is 0 Å². The lowest BCUT2D eigenvalue weighted by molar-refractivity contribution is -0.152. The van der Waals surface area contributed by atoms with E-state index in [4.69, 9.17) is 5.84 Å². The van der Waals surface area contributed by atoms with Crippen molar-refractivity contribution in [2.45, 2.75) is 17.5 Å². The van der Waals surface area contributed by atoms with E-state index in [9.17, 15) is 34.5 Å². The molecule has 1 aromatic rings. The van der Waals surface area contributed by atoms with Gasteiger partial charge >= 0.3 is 5.97 Å². The van der Waals surface area contributed by atoms with E-state index >= 15 is 0 Å². The molecule has 7 N–H and O–H groups in total. The third-order valence-corrected chi connectivity index (χ3v) is 5.61. The molecule has 2 aliphatic heterocycles. The van der Waals surface area contributed by atoms with Crippen LogP contribution in [0, 0.1) is 0 Å². The summed E-state index contributed by atoms with van der Waals surface area (Å²) >= 11 is 1.09. The molecular weight excluding hydrogens is 392 g/mol. The van der Waals surface area contributed by atoms with Crippen molar-refractivity contribution in [2.24, 2.45) is 5.84 Å². The number of carbonyl (C=O) groups excluding carboxylic acids is 3. The summed E-state index contributed by atoms with van der Waals surface area (Å²) in [5, 5.41) is 30.4. The van der Waals surface area contributed by atoms with Gasteiger partial charge in [0.05, 0.1) is 5.57 Å². The largest absolute Gasteiger partial charge is 0.508 e. The first kappa shape index (κ1) is 19.7. The van der Waals surface area contributed by atoms with Crippen LogP contribution in [0.15, 0.2) is 35.5 Å². The molecule has 1 fully saturated rings. The number of benzene rings is 1. The van der Waals surface area contributed by atoms with Gasteiger partial charge in [-0.25, -0.2) is 10.6 Å². The Balaban J connectivity index is 1.75. The third kappa shape index (κ3) is 3.28. The molecule has 3 atom stereocenters. The van der Waals surface area contributed by atoms with Crippen molar-refractivity contribution in [2.75, 3.05) is 5.75 Å². The number of carboxylic acids is 1. The Morgan fingerprint density at radius 1 is 1.25 bits per heavy atom. The molecule has 2 unspecified atom stereocenters. The number of amides is 3. The Labute approximate surface area is 162 Å². The summed E-state index contributed by atoms with van der Waals surface area (Å²) in [5.41, 5.74) is 1.41. The lowest BCUT2D eigenvalue weighted by Gasteiger charge is -2.49. The minimum Gasteiger partial charge on any atom is -0.508 e. The van der Waals surface area contributed by atoms with Crippen LogP contribution in [0.1, 0.15) is 11.7 Å². The Hall–Kier alpha value is -3.09. The average Bonchev–Trinajstić information content (AvgIpc) is 2.69. The average molecular weight is 408 g/mol. The maximum absolute atomic E-state index is 12.4. The minimum atomic E-state index is -1.58. The molecule has 148 valence electrons. The summed E-state index contributed by atoms with van der Waals surface area (Å²) in [6.45, 7) is 0. The zero-order valence-corrected chi connectivity index (χ0v) is 15.0. The molecule has 2 heterocycles. The SMILES string of the molecule is NNC(=O)C1=C(C(=O)O)N2C(=O)C(NC(=O)C(O)c3ccc(O)cc3)[C@@H]2SC1. The van der Waals surface area contributed by atoms with E-state index in [0.717, 1.165) is 16.7 Å². The first-order valence-corrected chi connectivity index (χ1v) is 9.00. The summed E-state index contributed by atoms with van der Waals surface area (Å²) in [6, 6.07) is 4.25. The van der Waals surface area contributed by atoms with E-state index in [-0.39, 0.29) is 22.6 Å². The van der Waals surface area contributed by atoms with Crippen molar-refractivity contribution in [3.05, 3.63) is 41.1 Å². The van der Waals surface area contributed by atoms with Crippen molar-refractivity contribution in [3.63, 3.8) is 0 Å². The second-order valence-electron chi connectivity index (χ2n) is 6.00. The Bertz CT molecular complexity index is 885. The van der Waals surface area contributed by atoms with Gasteiger partial charge in [-0.05, 0) is 17.7 Å². The van der Waals surface area contributed by atoms with E-state index in [0.29, 0.717) is 0 Å². The van der Waals surface area contributed by atoms with Crippen LogP contribution in [0.3, 0.4) is 0 Å². The number of fused-ring (bicyclic) bond motifs is 1. The highest BCUT2D eigenvalue weighted by molar-refractivity contribution is 8.00. The number of nitrogens with two attached hydrogens (primary N) is 1. The number of β-lactam (4-membered cyclic amide) rings is 1. The highest BCUT2D eigenvalue weighted by atomic mass is 32.2. The number of aliphatic hydroxyl groups is 1.